The lowest BCUT2D eigenvalue weighted by Crippen LogP contribution is -2.28. The van der Waals surface area contributed by atoms with E-state index in [1.807, 2.05) is 18.2 Å². The van der Waals surface area contributed by atoms with Gasteiger partial charge in [0.2, 0.25) is 11.8 Å². The summed E-state index contributed by atoms with van der Waals surface area (Å²) in [6.07, 6.45) is 1.87. The van der Waals surface area contributed by atoms with Gasteiger partial charge in [-0.15, -0.1) is 0 Å². The normalized spacial score (nSPS) is 17.2. The summed E-state index contributed by atoms with van der Waals surface area (Å²) >= 11 is 11.9. The fraction of sp³-hybridized carbons (Fsp3) is 0.235. The molecule has 24 heavy (non-hydrogen) atoms. The predicted molar refractivity (Wildman–Crippen MR) is 92.9 cm³/mol. The van der Waals surface area contributed by atoms with Crippen molar-refractivity contribution in [1.82, 2.24) is 9.88 Å². The van der Waals surface area contributed by atoms with Gasteiger partial charge in [0.25, 0.3) is 0 Å². The molecular weight excluding hydrogens is 349 g/mol. The molecular formula is C17H15Cl2N3O2. The van der Waals surface area contributed by atoms with Gasteiger partial charge in [0.1, 0.15) is 0 Å². The Bertz CT molecular complexity index is 768. The summed E-state index contributed by atoms with van der Waals surface area (Å²) in [4.78, 5) is 30.4. The minimum Gasteiger partial charge on any atom is -0.336 e. The first kappa shape index (κ1) is 16.7. The number of pyridine rings is 1. The van der Waals surface area contributed by atoms with Gasteiger partial charge in [0, 0.05) is 24.2 Å². The molecule has 1 N–H and O–H groups in total. The number of carbonyl (C=O) groups excluding carboxylic acids is 2. The number of amides is 2. The van der Waals surface area contributed by atoms with Crippen molar-refractivity contribution < 1.29 is 9.59 Å². The number of nitrogens with one attached hydrogen (secondary N) is 1. The maximum absolute atomic E-state index is 12.4. The maximum Gasteiger partial charge on any atom is 0.229 e. The van der Waals surface area contributed by atoms with Crippen LogP contribution in [-0.2, 0) is 16.1 Å². The Balaban J connectivity index is 1.63. The highest BCUT2D eigenvalue weighted by Gasteiger charge is 2.34. The van der Waals surface area contributed by atoms with Crippen LogP contribution in [0.3, 0.4) is 0 Å². The number of nitrogens with zero attached hydrogens (tertiary/aromatic N) is 2. The summed E-state index contributed by atoms with van der Waals surface area (Å²) in [5, 5.41) is 3.62. The second-order valence-electron chi connectivity index (χ2n) is 5.61. The highest BCUT2D eigenvalue weighted by molar-refractivity contribution is 6.36. The lowest BCUT2D eigenvalue weighted by Gasteiger charge is -2.16. The SMILES string of the molecule is O=C(Nc1ccc(Cl)cc1Cl)C1CC(=O)N(Cc2ccccn2)C1. The van der Waals surface area contributed by atoms with E-state index in [9.17, 15) is 9.59 Å². The second kappa shape index (κ2) is 7.20. The predicted octanol–water partition coefficient (Wildman–Crippen LogP) is 3.38. The van der Waals surface area contributed by atoms with E-state index in [0.717, 1.165) is 5.69 Å². The number of carbonyl (C=O) groups is 2. The van der Waals surface area contributed by atoms with Gasteiger partial charge in [-0.1, -0.05) is 29.3 Å². The number of anilines is 1. The third-order valence-corrected chi connectivity index (χ3v) is 4.40. The molecule has 2 aromatic rings. The Morgan fingerprint density at radius 1 is 1.29 bits per heavy atom. The lowest BCUT2D eigenvalue weighted by atomic mass is 10.1. The largest absolute Gasteiger partial charge is 0.336 e. The molecule has 1 fully saturated rings. The van der Waals surface area contributed by atoms with Crippen LogP contribution in [0, 0.1) is 5.92 Å². The van der Waals surface area contributed by atoms with E-state index in [4.69, 9.17) is 23.2 Å². The maximum atomic E-state index is 12.4. The van der Waals surface area contributed by atoms with Crippen LogP contribution in [0.2, 0.25) is 10.0 Å². The monoisotopic (exact) mass is 363 g/mol. The van der Waals surface area contributed by atoms with E-state index in [2.05, 4.69) is 10.3 Å². The summed E-state index contributed by atoms with van der Waals surface area (Å²) < 4.78 is 0. The van der Waals surface area contributed by atoms with Gasteiger partial charge in [-0.3, -0.25) is 14.6 Å². The molecule has 5 nitrogen and oxygen atoms in total. The van der Waals surface area contributed by atoms with Crippen molar-refractivity contribution in [3.63, 3.8) is 0 Å². The first-order chi connectivity index (χ1) is 11.5. The van der Waals surface area contributed by atoms with Crippen molar-refractivity contribution in [2.24, 2.45) is 5.92 Å². The molecule has 1 saturated heterocycles. The van der Waals surface area contributed by atoms with Gasteiger partial charge in [-0.2, -0.15) is 0 Å². The fourth-order valence-electron chi connectivity index (χ4n) is 2.61. The summed E-state index contributed by atoms with van der Waals surface area (Å²) in [5.41, 5.74) is 1.29. The highest BCUT2D eigenvalue weighted by Crippen LogP contribution is 2.27. The lowest BCUT2D eigenvalue weighted by molar-refractivity contribution is -0.128. The third-order valence-electron chi connectivity index (χ3n) is 3.85. The zero-order valence-electron chi connectivity index (χ0n) is 12.7. The molecule has 1 aromatic heterocycles. The quantitative estimate of drug-likeness (QED) is 0.905. The van der Waals surface area contributed by atoms with Crippen LogP contribution >= 0.6 is 23.2 Å². The van der Waals surface area contributed by atoms with E-state index in [0.29, 0.717) is 28.8 Å². The number of hydrogen-bond acceptors (Lipinski definition) is 3. The zero-order valence-corrected chi connectivity index (χ0v) is 14.2. The van der Waals surface area contributed by atoms with Crippen LogP contribution in [0.25, 0.3) is 0 Å². The molecule has 2 heterocycles. The van der Waals surface area contributed by atoms with Gasteiger partial charge < -0.3 is 10.2 Å². The molecule has 124 valence electrons. The van der Waals surface area contributed by atoms with Gasteiger partial charge in [0.05, 0.1) is 28.9 Å². The number of rotatable bonds is 4. The van der Waals surface area contributed by atoms with Crippen molar-refractivity contribution in [3.8, 4) is 0 Å². The molecule has 7 heteroatoms. The van der Waals surface area contributed by atoms with Crippen LogP contribution in [-0.4, -0.2) is 28.2 Å². The minimum atomic E-state index is -0.409. The van der Waals surface area contributed by atoms with Crippen LogP contribution in [0.4, 0.5) is 5.69 Å². The average Bonchev–Trinajstić information content (AvgIpc) is 2.92. The Kier molecular flexibility index (Phi) is 5.02. The minimum absolute atomic E-state index is 0.0528. The van der Waals surface area contributed by atoms with Crippen LogP contribution in [0.1, 0.15) is 12.1 Å². The molecule has 1 atom stereocenters. The Morgan fingerprint density at radius 3 is 2.83 bits per heavy atom. The number of benzene rings is 1. The molecule has 2 amide bonds. The Hall–Kier alpha value is -2.11. The fourth-order valence-corrected chi connectivity index (χ4v) is 3.07. The number of halogens is 2. The molecule has 1 aromatic carbocycles. The van der Waals surface area contributed by atoms with Gasteiger partial charge in [-0.05, 0) is 30.3 Å². The standard InChI is InChI=1S/C17H15Cl2N3O2/c18-12-4-5-15(14(19)8-12)21-17(24)11-7-16(23)22(9-11)10-13-3-1-2-6-20-13/h1-6,8,11H,7,9-10H2,(H,21,24). The summed E-state index contributed by atoms with van der Waals surface area (Å²) in [6.45, 7) is 0.775. The summed E-state index contributed by atoms with van der Waals surface area (Å²) in [7, 11) is 0. The van der Waals surface area contributed by atoms with Gasteiger partial charge in [-0.25, -0.2) is 0 Å². The third kappa shape index (κ3) is 3.86. The van der Waals surface area contributed by atoms with Crippen LogP contribution in [0.15, 0.2) is 42.6 Å². The smallest absolute Gasteiger partial charge is 0.229 e. The molecule has 0 radical (unpaired) electrons. The molecule has 0 saturated carbocycles. The summed E-state index contributed by atoms with van der Waals surface area (Å²) in [5.74, 6) is -0.688. The Labute approximate surface area is 149 Å². The zero-order chi connectivity index (χ0) is 17.1. The molecule has 0 spiro atoms. The van der Waals surface area contributed by atoms with E-state index in [-0.39, 0.29) is 18.2 Å². The van der Waals surface area contributed by atoms with E-state index < -0.39 is 5.92 Å². The van der Waals surface area contributed by atoms with Gasteiger partial charge in [0.15, 0.2) is 0 Å². The Morgan fingerprint density at radius 2 is 2.12 bits per heavy atom. The van der Waals surface area contributed by atoms with E-state index in [1.54, 1.807) is 29.3 Å². The number of hydrogen-bond donors (Lipinski definition) is 1. The molecule has 0 bridgehead atoms. The molecule has 0 aliphatic carbocycles. The van der Waals surface area contributed by atoms with E-state index >= 15 is 0 Å². The first-order valence-electron chi connectivity index (χ1n) is 7.46. The van der Waals surface area contributed by atoms with Crippen molar-refractivity contribution in [1.29, 1.82) is 0 Å². The van der Waals surface area contributed by atoms with Crippen molar-refractivity contribution in [2.75, 3.05) is 11.9 Å². The van der Waals surface area contributed by atoms with E-state index in [1.165, 1.54) is 0 Å². The van der Waals surface area contributed by atoms with Crippen LogP contribution in [0.5, 0.6) is 0 Å². The molecule has 1 aliphatic heterocycles. The first-order valence-corrected chi connectivity index (χ1v) is 8.22. The summed E-state index contributed by atoms with van der Waals surface area (Å²) in [6, 6.07) is 10.4. The molecule has 1 unspecified atom stereocenters. The van der Waals surface area contributed by atoms with Crippen LogP contribution < -0.4 is 5.32 Å². The molecule has 1 aliphatic rings. The van der Waals surface area contributed by atoms with Crippen molar-refractivity contribution in [2.45, 2.75) is 13.0 Å². The number of likely N-dealkylation sites (tertiary alicyclic amines) is 1. The molecule has 3 rings (SSSR count). The topological polar surface area (TPSA) is 62.3 Å². The van der Waals surface area contributed by atoms with Crippen molar-refractivity contribution in [3.05, 3.63) is 58.3 Å². The second-order valence-corrected chi connectivity index (χ2v) is 6.45. The average molecular weight is 364 g/mol. The van der Waals surface area contributed by atoms with Gasteiger partial charge >= 0.3 is 0 Å². The highest BCUT2D eigenvalue weighted by atomic mass is 35.5. The van der Waals surface area contributed by atoms with Crippen molar-refractivity contribution >= 4 is 40.7 Å². The number of aromatic nitrogens is 1.